The highest BCUT2D eigenvalue weighted by molar-refractivity contribution is 9.09. The summed E-state index contributed by atoms with van der Waals surface area (Å²) in [5.74, 6) is 0. The fourth-order valence-electron chi connectivity index (χ4n) is 1.63. The van der Waals surface area contributed by atoms with Gasteiger partial charge < -0.3 is 4.98 Å². The van der Waals surface area contributed by atoms with Gasteiger partial charge in [0.15, 0.2) is 5.03 Å². The van der Waals surface area contributed by atoms with Crippen LogP contribution in [0.5, 0.6) is 0 Å². The largest absolute Gasteiger partial charge is 0.335 e. The fraction of sp³-hybridized carbons (Fsp3) is 0.625. The molecule has 0 aromatic carbocycles. The molecule has 0 amide bonds. The van der Waals surface area contributed by atoms with Gasteiger partial charge in [0.1, 0.15) is 0 Å². The van der Waals surface area contributed by atoms with E-state index in [-0.39, 0.29) is 9.85 Å². The molecule has 15 heavy (non-hydrogen) atoms. The van der Waals surface area contributed by atoms with Gasteiger partial charge in [0.2, 0.25) is 0 Å². The van der Waals surface area contributed by atoms with Crippen molar-refractivity contribution in [1.29, 1.82) is 0 Å². The lowest BCUT2D eigenvalue weighted by Gasteiger charge is -2.28. The number of aromatic amines is 1. The lowest BCUT2D eigenvalue weighted by atomic mass is 10.2. The van der Waals surface area contributed by atoms with Crippen molar-refractivity contribution in [3.8, 4) is 0 Å². The van der Waals surface area contributed by atoms with Crippen molar-refractivity contribution in [1.82, 2.24) is 14.3 Å². The first-order valence-corrected chi connectivity index (χ1v) is 7.09. The number of sulfonamides is 1. The first kappa shape index (κ1) is 11.1. The molecule has 0 bridgehead atoms. The summed E-state index contributed by atoms with van der Waals surface area (Å²) < 4.78 is 25.5. The van der Waals surface area contributed by atoms with Crippen molar-refractivity contribution in [2.45, 2.75) is 22.7 Å². The monoisotopic (exact) mass is 293 g/mol. The molecule has 2 heterocycles. The highest BCUT2D eigenvalue weighted by Crippen LogP contribution is 2.22. The third-order valence-corrected chi connectivity index (χ3v) is 4.96. The number of imidazole rings is 1. The van der Waals surface area contributed by atoms with E-state index in [1.165, 1.54) is 16.8 Å². The van der Waals surface area contributed by atoms with Gasteiger partial charge in [0.05, 0.1) is 12.5 Å². The minimum atomic E-state index is -3.37. The molecule has 1 unspecified atom stereocenters. The molecule has 0 saturated carbocycles. The molecular weight excluding hydrogens is 282 g/mol. The summed E-state index contributed by atoms with van der Waals surface area (Å²) in [4.78, 5) is 6.62. The molecule has 1 fully saturated rings. The summed E-state index contributed by atoms with van der Waals surface area (Å²) in [6.45, 7) is 1.12. The summed E-state index contributed by atoms with van der Waals surface area (Å²) >= 11 is 3.45. The zero-order valence-electron chi connectivity index (χ0n) is 8.06. The molecule has 2 rings (SSSR count). The van der Waals surface area contributed by atoms with E-state index < -0.39 is 10.0 Å². The van der Waals surface area contributed by atoms with Gasteiger partial charge in [-0.1, -0.05) is 15.9 Å². The maximum Gasteiger partial charge on any atom is 0.260 e. The normalized spacial score (nSPS) is 24.2. The average Bonchev–Trinajstić information content (AvgIpc) is 2.71. The van der Waals surface area contributed by atoms with E-state index in [4.69, 9.17) is 0 Å². The second-order valence-corrected chi connectivity index (χ2v) is 6.72. The van der Waals surface area contributed by atoms with Gasteiger partial charge in [-0.25, -0.2) is 13.4 Å². The number of nitrogens with one attached hydrogen (secondary N) is 1. The maximum atomic E-state index is 12.0. The van der Waals surface area contributed by atoms with Crippen molar-refractivity contribution >= 4 is 26.0 Å². The zero-order valence-corrected chi connectivity index (χ0v) is 10.5. The summed E-state index contributed by atoms with van der Waals surface area (Å²) in [6, 6.07) is 0. The maximum absolute atomic E-state index is 12.0. The molecule has 0 aliphatic carbocycles. The fourth-order valence-corrected chi connectivity index (χ4v) is 3.92. The summed E-state index contributed by atoms with van der Waals surface area (Å²) in [6.07, 6.45) is 4.63. The van der Waals surface area contributed by atoms with Crippen LogP contribution in [0.3, 0.4) is 0 Å². The predicted molar refractivity (Wildman–Crippen MR) is 59.3 cm³/mol. The van der Waals surface area contributed by atoms with Crippen molar-refractivity contribution in [2.75, 3.05) is 13.1 Å². The van der Waals surface area contributed by atoms with Crippen LogP contribution in [0.2, 0.25) is 0 Å². The van der Waals surface area contributed by atoms with Gasteiger partial charge in [-0.05, 0) is 12.8 Å². The number of hydrogen-bond donors (Lipinski definition) is 1. The predicted octanol–water partition coefficient (Wildman–Crippen LogP) is 0.958. The molecule has 5 nitrogen and oxygen atoms in total. The highest BCUT2D eigenvalue weighted by Gasteiger charge is 2.29. The SMILES string of the molecule is O=S(=O)(c1cnc[nH]1)N1CCCC(Br)C1. The van der Waals surface area contributed by atoms with E-state index in [9.17, 15) is 8.42 Å². The van der Waals surface area contributed by atoms with Crippen LogP contribution in [0.15, 0.2) is 17.6 Å². The van der Waals surface area contributed by atoms with Crippen LogP contribution in [0, 0.1) is 0 Å². The quantitative estimate of drug-likeness (QED) is 0.826. The van der Waals surface area contributed by atoms with Crippen LogP contribution in [0.4, 0.5) is 0 Å². The molecule has 1 aromatic heterocycles. The Labute approximate surface area is 97.1 Å². The number of nitrogens with zero attached hydrogens (tertiary/aromatic N) is 2. The Morgan fingerprint density at radius 2 is 2.40 bits per heavy atom. The van der Waals surface area contributed by atoms with E-state index in [1.807, 2.05) is 0 Å². The van der Waals surface area contributed by atoms with Crippen molar-refractivity contribution < 1.29 is 8.42 Å². The minimum absolute atomic E-state index is 0.170. The van der Waals surface area contributed by atoms with E-state index in [0.717, 1.165) is 12.8 Å². The number of rotatable bonds is 2. The van der Waals surface area contributed by atoms with Gasteiger partial charge in [-0.15, -0.1) is 0 Å². The molecule has 1 aliphatic rings. The van der Waals surface area contributed by atoms with Gasteiger partial charge in [-0.2, -0.15) is 4.31 Å². The third kappa shape index (κ3) is 2.24. The first-order valence-electron chi connectivity index (χ1n) is 4.73. The van der Waals surface area contributed by atoms with Crippen molar-refractivity contribution in [3.05, 3.63) is 12.5 Å². The standard InChI is InChI=1S/C8H12BrN3O2S/c9-7-2-1-3-12(5-7)15(13,14)8-4-10-6-11-8/h4,6-7H,1-3,5H2,(H,10,11). The molecule has 1 saturated heterocycles. The van der Waals surface area contributed by atoms with E-state index in [1.54, 1.807) is 0 Å². The summed E-state index contributed by atoms with van der Waals surface area (Å²) in [5.41, 5.74) is 0. The second-order valence-electron chi connectivity index (χ2n) is 3.52. The minimum Gasteiger partial charge on any atom is -0.335 e. The molecule has 84 valence electrons. The van der Waals surface area contributed by atoms with Crippen LogP contribution in [-0.2, 0) is 10.0 Å². The molecular formula is C8H12BrN3O2S. The van der Waals surface area contributed by atoms with E-state index in [2.05, 4.69) is 25.9 Å². The zero-order chi connectivity index (χ0) is 10.9. The van der Waals surface area contributed by atoms with Gasteiger partial charge in [0, 0.05) is 17.9 Å². The van der Waals surface area contributed by atoms with Crippen LogP contribution < -0.4 is 0 Å². The van der Waals surface area contributed by atoms with Gasteiger partial charge in [0.25, 0.3) is 10.0 Å². The molecule has 0 spiro atoms. The van der Waals surface area contributed by atoms with Crippen molar-refractivity contribution in [3.63, 3.8) is 0 Å². The lowest BCUT2D eigenvalue weighted by molar-refractivity contribution is 0.355. The molecule has 1 N–H and O–H groups in total. The van der Waals surface area contributed by atoms with Crippen LogP contribution >= 0.6 is 15.9 Å². The van der Waals surface area contributed by atoms with Crippen molar-refractivity contribution in [2.24, 2.45) is 0 Å². The first-order chi connectivity index (χ1) is 7.10. The molecule has 7 heteroatoms. The van der Waals surface area contributed by atoms with Gasteiger partial charge in [-0.3, -0.25) is 0 Å². The Kier molecular flexibility index (Phi) is 3.13. The Hall–Kier alpha value is -0.400. The summed E-state index contributed by atoms with van der Waals surface area (Å²) in [5, 5.41) is 0.170. The molecule has 1 aliphatic heterocycles. The molecule has 1 atom stereocenters. The van der Waals surface area contributed by atoms with Crippen LogP contribution in [-0.4, -0.2) is 40.6 Å². The lowest BCUT2D eigenvalue weighted by Crippen LogP contribution is -2.40. The molecule has 0 radical (unpaired) electrons. The Morgan fingerprint density at radius 1 is 1.60 bits per heavy atom. The van der Waals surface area contributed by atoms with E-state index >= 15 is 0 Å². The van der Waals surface area contributed by atoms with E-state index in [0.29, 0.717) is 13.1 Å². The Morgan fingerprint density at radius 3 is 3.00 bits per heavy atom. The van der Waals surface area contributed by atoms with Gasteiger partial charge >= 0.3 is 0 Å². The Bertz CT molecular complexity index is 417. The third-order valence-electron chi connectivity index (χ3n) is 2.42. The number of H-pyrrole nitrogens is 1. The van der Waals surface area contributed by atoms with Crippen LogP contribution in [0.25, 0.3) is 0 Å². The number of halogens is 1. The van der Waals surface area contributed by atoms with Crippen LogP contribution in [0.1, 0.15) is 12.8 Å². The average molecular weight is 294 g/mol. The number of hydrogen-bond acceptors (Lipinski definition) is 3. The molecule has 1 aromatic rings. The highest BCUT2D eigenvalue weighted by atomic mass is 79.9. The number of piperidine rings is 1. The number of aromatic nitrogens is 2. The Balaban J connectivity index is 2.22. The number of alkyl halides is 1. The smallest absolute Gasteiger partial charge is 0.260 e. The summed E-state index contributed by atoms with van der Waals surface area (Å²) in [7, 11) is -3.37. The topological polar surface area (TPSA) is 66.1 Å². The second kappa shape index (κ2) is 4.23.